The number of phenolic OH excluding ortho intramolecular Hbond substituents is 4. The molecule has 3 aromatic rings. The van der Waals surface area contributed by atoms with Gasteiger partial charge in [-0.1, -0.05) is 6.07 Å². The summed E-state index contributed by atoms with van der Waals surface area (Å²) in [4.78, 5) is 12.8. The molecular weight excluding hydrogens is 476 g/mol. The number of aromatic hydroxyl groups is 4. The molecule has 11 heteroatoms. The number of methoxy groups -OCH3 is 1. The molecule has 0 spiro atoms. The number of aliphatic hydroxyl groups excluding tert-OH is 2. The average Bonchev–Trinajstić information content (AvgIpc) is 2.85. The maximum absolute atomic E-state index is 12.8. The number of phenols is 4. The molecule has 0 amide bonds. The van der Waals surface area contributed by atoms with E-state index in [9.17, 15) is 35.4 Å². The molecule has 2 aliphatic rings. The van der Waals surface area contributed by atoms with Crippen molar-refractivity contribution < 1.29 is 54.4 Å². The number of ether oxygens (including phenoxy) is 4. The summed E-state index contributed by atoms with van der Waals surface area (Å²) in [6.07, 6.45) is -4.84. The molecule has 0 saturated carbocycles. The summed E-state index contributed by atoms with van der Waals surface area (Å²) in [5, 5.41) is 60.9. The lowest BCUT2D eigenvalue weighted by atomic mass is 9.92. The van der Waals surface area contributed by atoms with Gasteiger partial charge in [0.2, 0.25) is 11.5 Å². The maximum Gasteiger partial charge on any atom is 0.203 e. The highest BCUT2D eigenvalue weighted by atomic mass is 16.6. The summed E-state index contributed by atoms with van der Waals surface area (Å²) in [5.41, 5.74) is 0.377. The van der Waals surface area contributed by atoms with Gasteiger partial charge in [0.15, 0.2) is 47.4 Å². The van der Waals surface area contributed by atoms with E-state index >= 15 is 0 Å². The molecule has 6 N–H and O–H groups in total. The summed E-state index contributed by atoms with van der Waals surface area (Å²) in [7, 11) is 1.38. The van der Waals surface area contributed by atoms with Gasteiger partial charge in [-0.3, -0.25) is 4.79 Å². The second-order valence-corrected chi connectivity index (χ2v) is 8.36. The topological polar surface area (TPSA) is 175 Å². The molecule has 5 rings (SSSR count). The Hall–Kier alpha value is -4.35. The van der Waals surface area contributed by atoms with Crippen molar-refractivity contribution in [1.29, 1.82) is 0 Å². The lowest BCUT2D eigenvalue weighted by Gasteiger charge is -2.35. The van der Waals surface area contributed by atoms with Gasteiger partial charge in [0.1, 0.15) is 22.8 Å². The van der Waals surface area contributed by atoms with Gasteiger partial charge < -0.3 is 49.6 Å². The number of fused-ring (bicyclic) bond motifs is 2. The van der Waals surface area contributed by atoms with Crippen LogP contribution in [0.5, 0.6) is 46.0 Å². The van der Waals surface area contributed by atoms with Gasteiger partial charge in [-0.25, -0.2) is 0 Å². The normalized spacial score (nSPS) is 22.5. The molecule has 0 saturated heterocycles. The zero-order chi connectivity index (χ0) is 25.7. The lowest BCUT2D eigenvalue weighted by Crippen LogP contribution is -2.37. The summed E-state index contributed by atoms with van der Waals surface area (Å²) in [5.74, 6) is -2.19. The van der Waals surface area contributed by atoms with Crippen LogP contribution in [-0.4, -0.2) is 62.3 Å². The van der Waals surface area contributed by atoms with Gasteiger partial charge >= 0.3 is 0 Å². The van der Waals surface area contributed by atoms with Crippen molar-refractivity contribution in [1.82, 2.24) is 0 Å². The molecule has 0 fully saturated rings. The van der Waals surface area contributed by atoms with Gasteiger partial charge in [0, 0.05) is 23.3 Å². The molecule has 36 heavy (non-hydrogen) atoms. The molecule has 2 heterocycles. The molecule has 2 aliphatic heterocycles. The summed E-state index contributed by atoms with van der Waals surface area (Å²) in [6, 6.07) is 9.19. The number of ketones is 1. The van der Waals surface area contributed by atoms with Crippen LogP contribution in [0.2, 0.25) is 0 Å². The fourth-order valence-electron chi connectivity index (χ4n) is 4.36. The van der Waals surface area contributed by atoms with Crippen LogP contribution < -0.4 is 18.9 Å². The van der Waals surface area contributed by atoms with Crippen LogP contribution in [0.3, 0.4) is 0 Å². The van der Waals surface area contributed by atoms with Gasteiger partial charge in [-0.2, -0.15) is 0 Å². The average molecular weight is 498 g/mol. The van der Waals surface area contributed by atoms with Crippen LogP contribution in [0.4, 0.5) is 0 Å². The Kier molecular flexibility index (Phi) is 5.65. The van der Waals surface area contributed by atoms with E-state index in [4.69, 9.17) is 18.9 Å². The smallest absolute Gasteiger partial charge is 0.203 e. The van der Waals surface area contributed by atoms with E-state index in [0.717, 1.165) is 12.1 Å². The number of Topliss-reactive ketones (excluding diaryl/α,β-unsaturated/α-hetero) is 1. The molecule has 3 aromatic carbocycles. The van der Waals surface area contributed by atoms with Gasteiger partial charge in [0.25, 0.3) is 0 Å². The second kappa shape index (κ2) is 8.70. The minimum atomic E-state index is -1.74. The van der Waals surface area contributed by atoms with Crippen LogP contribution in [0, 0.1) is 0 Å². The van der Waals surface area contributed by atoms with E-state index < -0.39 is 48.3 Å². The first-order valence-corrected chi connectivity index (χ1v) is 10.8. The Morgan fingerprint density at radius 2 is 1.58 bits per heavy atom. The van der Waals surface area contributed by atoms with Crippen molar-refractivity contribution in [3.63, 3.8) is 0 Å². The largest absolute Gasteiger partial charge is 0.508 e. The molecule has 188 valence electrons. The first-order valence-electron chi connectivity index (χ1n) is 10.8. The van der Waals surface area contributed by atoms with Crippen LogP contribution in [0.25, 0.3) is 0 Å². The number of rotatable bonds is 4. The fourth-order valence-corrected chi connectivity index (χ4v) is 4.36. The Balaban J connectivity index is 1.53. The van der Waals surface area contributed by atoms with Crippen molar-refractivity contribution in [2.24, 2.45) is 0 Å². The SMILES string of the molecule is COc1cc(C2Oc3cc(C4Oc5cc(O)cc(O)c5C(=O)C4O)cc(O)c3OC2CO)ccc1O. The van der Waals surface area contributed by atoms with Crippen molar-refractivity contribution in [3.8, 4) is 46.0 Å². The van der Waals surface area contributed by atoms with Crippen LogP contribution in [0.1, 0.15) is 33.7 Å². The lowest BCUT2D eigenvalue weighted by molar-refractivity contribution is -0.0148. The zero-order valence-electron chi connectivity index (χ0n) is 18.8. The first-order chi connectivity index (χ1) is 17.2. The maximum atomic E-state index is 12.8. The van der Waals surface area contributed by atoms with E-state index in [2.05, 4.69) is 0 Å². The number of carbonyl (C=O) groups excluding carboxylic acids is 1. The van der Waals surface area contributed by atoms with E-state index in [1.54, 1.807) is 6.07 Å². The predicted octanol–water partition coefficient (Wildman–Crippen LogP) is 2.07. The van der Waals surface area contributed by atoms with E-state index in [1.165, 1.54) is 31.4 Å². The number of hydrogen-bond acceptors (Lipinski definition) is 11. The molecule has 4 atom stereocenters. The molecular formula is C25H22O11. The Morgan fingerprint density at radius 1 is 0.833 bits per heavy atom. The Labute approximate surface area is 203 Å². The van der Waals surface area contributed by atoms with Crippen LogP contribution in [-0.2, 0) is 0 Å². The first kappa shape index (κ1) is 23.4. The molecule has 4 unspecified atom stereocenters. The quantitative estimate of drug-likeness (QED) is 0.311. The molecule has 11 nitrogen and oxygen atoms in total. The molecule has 0 aliphatic carbocycles. The monoisotopic (exact) mass is 498 g/mol. The van der Waals surface area contributed by atoms with Crippen molar-refractivity contribution in [3.05, 3.63) is 59.2 Å². The summed E-state index contributed by atoms with van der Waals surface area (Å²) < 4.78 is 22.7. The van der Waals surface area contributed by atoms with Crippen molar-refractivity contribution >= 4 is 5.78 Å². The third-order valence-corrected chi connectivity index (χ3v) is 6.08. The Morgan fingerprint density at radius 3 is 2.31 bits per heavy atom. The number of hydrogen-bond donors (Lipinski definition) is 6. The molecule has 0 aromatic heterocycles. The summed E-state index contributed by atoms with van der Waals surface area (Å²) >= 11 is 0. The third kappa shape index (κ3) is 3.74. The third-order valence-electron chi connectivity index (χ3n) is 6.08. The highest BCUT2D eigenvalue weighted by Crippen LogP contribution is 2.49. The van der Waals surface area contributed by atoms with Gasteiger partial charge in [-0.15, -0.1) is 0 Å². The Bertz CT molecular complexity index is 1350. The highest BCUT2D eigenvalue weighted by molar-refractivity contribution is 6.05. The number of benzene rings is 3. The molecule has 0 bridgehead atoms. The van der Waals surface area contributed by atoms with Gasteiger partial charge in [-0.05, 0) is 24.3 Å². The standard InChI is InChI=1S/C25H22O11/c1-33-16-5-10(2-3-13(16)28)23-19(9-26)36-25-15(30)4-11(6-18(25)35-23)24-22(32)21(31)20-14(29)7-12(27)8-17(20)34-24/h2-8,19,22-24,26-30,32H,9H2,1H3. The number of aliphatic hydroxyl groups is 2. The van der Waals surface area contributed by atoms with Gasteiger partial charge in [0.05, 0.1) is 13.7 Å². The molecule has 0 radical (unpaired) electrons. The second-order valence-electron chi connectivity index (χ2n) is 8.36. The predicted molar refractivity (Wildman–Crippen MR) is 121 cm³/mol. The van der Waals surface area contributed by atoms with Crippen molar-refractivity contribution in [2.45, 2.75) is 24.4 Å². The highest BCUT2D eigenvalue weighted by Gasteiger charge is 2.41. The van der Waals surface area contributed by atoms with Crippen LogP contribution in [0.15, 0.2) is 42.5 Å². The van der Waals surface area contributed by atoms with Crippen molar-refractivity contribution in [2.75, 3.05) is 13.7 Å². The van der Waals surface area contributed by atoms with E-state index in [1.807, 2.05) is 0 Å². The van der Waals surface area contributed by atoms with Crippen LogP contribution >= 0.6 is 0 Å². The van der Waals surface area contributed by atoms with E-state index in [0.29, 0.717) is 5.56 Å². The zero-order valence-corrected chi connectivity index (χ0v) is 18.8. The minimum Gasteiger partial charge on any atom is -0.508 e. The van der Waals surface area contributed by atoms with E-state index in [-0.39, 0.29) is 45.6 Å². The fraction of sp³-hybridized carbons (Fsp3) is 0.240. The number of carbonyl (C=O) groups is 1. The summed E-state index contributed by atoms with van der Waals surface area (Å²) in [6.45, 7) is -0.461. The minimum absolute atomic E-state index is 0.0412.